The van der Waals surface area contributed by atoms with Gasteiger partial charge >= 0.3 is 0 Å². The molecule has 0 amide bonds. The van der Waals surface area contributed by atoms with Gasteiger partial charge < -0.3 is 5.32 Å². The standard InChI is InChI=1S/C16H24BrClN2/c1-12(2)3-6-16(20-9-7-19-8-10-20)13-4-5-15(18)14(17)11-13/h4-5,11-12,16,19H,3,6-10H2,1-2H3/t16-/m1/s1. The largest absolute Gasteiger partial charge is 0.314 e. The average Bonchev–Trinajstić information content (AvgIpc) is 2.44. The first-order valence-corrected chi connectivity index (χ1v) is 8.64. The molecule has 1 heterocycles. The van der Waals surface area contributed by atoms with Gasteiger partial charge in [0.05, 0.1) is 5.02 Å². The van der Waals surface area contributed by atoms with Crippen molar-refractivity contribution in [1.82, 2.24) is 10.2 Å². The van der Waals surface area contributed by atoms with E-state index >= 15 is 0 Å². The van der Waals surface area contributed by atoms with Crippen LogP contribution < -0.4 is 5.32 Å². The number of nitrogens with zero attached hydrogens (tertiary/aromatic N) is 1. The molecule has 112 valence electrons. The van der Waals surface area contributed by atoms with Gasteiger partial charge in [-0.05, 0) is 52.4 Å². The van der Waals surface area contributed by atoms with Crippen molar-refractivity contribution < 1.29 is 0 Å². The van der Waals surface area contributed by atoms with Crippen molar-refractivity contribution in [3.8, 4) is 0 Å². The van der Waals surface area contributed by atoms with Crippen LogP contribution in [-0.2, 0) is 0 Å². The maximum Gasteiger partial charge on any atom is 0.0548 e. The molecule has 2 nitrogen and oxygen atoms in total. The van der Waals surface area contributed by atoms with Gasteiger partial charge in [0.25, 0.3) is 0 Å². The lowest BCUT2D eigenvalue weighted by Gasteiger charge is -2.35. The Balaban J connectivity index is 2.17. The van der Waals surface area contributed by atoms with E-state index in [9.17, 15) is 0 Å². The third kappa shape index (κ3) is 4.45. The smallest absolute Gasteiger partial charge is 0.0548 e. The van der Waals surface area contributed by atoms with Gasteiger partial charge in [-0.25, -0.2) is 0 Å². The summed E-state index contributed by atoms with van der Waals surface area (Å²) in [5.41, 5.74) is 1.38. The van der Waals surface area contributed by atoms with E-state index in [-0.39, 0.29) is 0 Å². The lowest BCUT2D eigenvalue weighted by Crippen LogP contribution is -2.45. The van der Waals surface area contributed by atoms with Gasteiger partial charge in [-0.1, -0.05) is 31.5 Å². The van der Waals surface area contributed by atoms with Crippen LogP contribution in [0, 0.1) is 5.92 Å². The molecule has 4 heteroatoms. The Morgan fingerprint density at radius 3 is 2.55 bits per heavy atom. The molecule has 0 aromatic heterocycles. The first-order valence-electron chi connectivity index (χ1n) is 7.47. The number of halogens is 2. The second-order valence-corrected chi connectivity index (χ2v) is 7.21. The zero-order valence-electron chi connectivity index (χ0n) is 12.3. The Kier molecular flexibility index (Phi) is 6.34. The molecule has 1 aliphatic heterocycles. The van der Waals surface area contributed by atoms with Crippen LogP contribution in [0.15, 0.2) is 22.7 Å². The molecule has 2 rings (SSSR count). The Hall–Kier alpha value is -0.0900. The molecule has 1 atom stereocenters. The van der Waals surface area contributed by atoms with E-state index in [1.807, 2.05) is 6.07 Å². The van der Waals surface area contributed by atoms with Crippen molar-refractivity contribution >= 4 is 27.5 Å². The van der Waals surface area contributed by atoms with Crippen LogP contribution in [0.5, 0.6) is 0 Å². The lowest BCUT2D eigenvalue weighted by atomic mass is 9.96. The summed E-state index contributed by atoms with van der Waals surface area (Å²) in [6.07, 6.45) is 2.47. The van der Waals surface area contributed by atoms with Crippen LogP contribution in [0.2, 0.25) is 5.02 Å². The third-order valence-corrected chi connectivity index (χ3v) is 5.15. The van der Waals surface area contributed by atoms with Crippen molar-refractivity contribution in [2.24, 2.45) is 5.92 Å². The summed E-state index contributed by atoms with van der Waals surface area (Å²) in [4.78, 5) is 2.61. The van der Waals surface area contributed by atoms with Crippen molar-refractivity contribution in [3.05, 3.63) is 33.3 Å². The number of hydrogen-bond donors (Lipinski definition) is 1. The molecule has 0 saturated carbocycles. The number of hydrogen-bond acceptors (Lipinski definition) is 2. The van der Waals surface area contributed by atoms with Crippen LogP contribution in [-0.4, -0.2) is 31.1 Å². The summed E-state index contributed by atoms with van der Waals surface area (Å²) < 4.78 is 1.00. The van der Waals surface area contributed by atoms with E-state index in [1.54, 1.807) is 0 Å². The van der Waals surface area contributed by atoms with Crippen LogP contribution in [0.25, 0.3) is 0 Å². The highest BCUT2D eigenvalue weighted by Crippen LogP contribution is 2.32. The number of nitrogens with one attached hydrogen (secondary N) is 1. The average molecular weight is 360 g/mol. The van der Waals surface area contributed by atoms with Gasteiger partial charge in [0.1, 0.15) is 0 Å². The van der Waals surface area contributed by atoms with Crippen LogP contribution >= 0.6 is 27.5 Å². The maximum atomic E-state index is 6.13. The summed E-state index contributed by atoms with van der Waals surface area (Å²) in [6, 6.07) is 6.88. The molecular formula is C16H24BrClN2. The normalized spacial score (nSPS) is 18.4. The van der Waals surface area contributed by atoms with Crippen molar-refractivity contribution in [2.75, 3.05) is 26.2 Å². The predicted octanol–water partition coefficient (Wildman–Crippen LogP) is 4.49. The summed E-state index contributed by atoms with van der Waals surface area (Å²) in [7, 11) is 0. The molecule has 0 radical (unpaired) electrons. The minimum atomic E-state index is 0.507. The first-order chi connectivity index (χ1) is 9.58. The molecule has 0 aliphatic carbocycles. The molecular weight excluding hydrogens is 336 g/mol. The number of rotatable bonds is 5. The second kappa shape index (κ2) is 7.79. The minimum absolute atomic E-state index is 0.507. The fraction of sp³-hybridized carbons (Fsp3) is 0.625. The fourth-order valence-corrected chi connectivity index (χ4v) is 3.28. The molecule has 1 N–H and O–H groups in total. The van der Waals surface area contributed by atoms with Gasteiger partial charge in [-0.2, -0.15) is 0 Å². The van der Waals surface area contributed by atoms with Gasteiger partial charge in [-0.15, -0.1) is 0 Å². The summed E-state index contributed by atoms with van der Waals surface area (Å²) >= 11 is 9.68. The topological polar surface area (TPSA) is 15.3 Å². The molecule has 1 saturated heterocycles. The zero-order valence-corrected chi connectivity index (χ0v) is 14.7. The van der Waals surface area contributed by atoms with E-state index in [0.29, 0.717) is 6.04 Å². The van der Waals surface area contributed by atoms with Crippen LogP contribution in [0.3, 0.4) is 0 Å². The van der Waals surface area contributed by atoms with Crippen molar-refractivity contribution in [3.63, 3.8) is 0 Å². The van der Waals surface area contributed by atoms with Crippen molar-refractivity contribution in [2.45, 2.75) is 32.7 Å². The second-order valence-electron chi connectivity index (χ2n) is 5.95. The molecule has 1 fully saturated rings. The molecule has 1 aromatic carbocycles. The minimum Gasteiger partial charge on any atom is -0.314 e. The molecule has 1 aliphatic rings. The molecule has 0 spiro atoms. The third-order valence-electron chi connectivity index (χ3n) is 3.94. The highest BCUT2D eigenvalue weighted by molar-refractivity contribution is 9.10. The summed E-state index contributed by atoms with van der Waals surface area (Å²) in [5, 5.41) is 4.22. The number of benzene rings is 1. The molecule has 1 aromatic rings. The molecule has 20 heavy (non-hydrogen) atoms. The van der Waals surface area contributed by atoms with Gasteiger partial charge in [0.2, 0.25) is 0 Å². The van der Waals surface area contributed by atoms with Crippen LogP contribution in [0.1, 0.15) is 38.3 Å². The summed E-state index contributed by atoms with van der Waals surface area (Å²) in [6.45, 7) is 9.03. The monoisotopic (exact) mass is 358 g/mol. The predicted molar refractivity (Wildman–Crippen MR) is 90.4 cm³/mol. The van der Waals surface area contributed by atoms with E-state index in [1.165, 1.54) is 18.4 Å². The Labute approximate surface area is 136 Å². The van der Waals surface area contributed by atoms with Crippen LogP contribution in [0.4, 0.5) is 0 Å². The lowest BCUT2D eigenvalue weighted by molar-refractivity contribution is 0.160. The van der Waals surface area contributed by atoms with E-state index in [2.05, 4.69) is 52.1 Å². The zero-order chi connectivity index (χ0) is 14.5. The Morgan fingerprint density at radius 1 is 1.25 bits per heavy atom. The quantitative estimate of drug-likeness (QED) is 0.833. The van der Waals surface area contributed by atoms with Gasteiger partial charge in [0.15, 0.2) is 0 Å². The molecule has 0 unspecified atom stereocenters. The van der Waals surface area contributed by atoms with E-state index < -0.39 is 0 Å². The highest BCUT2D eigenvalue weighted by atomic mass is 79.9. The number of piperazine rings is 1. The first kappa shape index (κ1) is 16.3. The summed E-state index contributed by atoms with van der Waals surface area (Å²) in [5.74, 6) is 0.746. The van der Waals surface area contributed by atoms with E-state index in [4.69, 9.17) is 11.6 Å². The molecule has 0 bridgehead atoms. The highest BCUT2D eigenvalue weighted by Gasteiger charge is 2.22. The van der Waals surface area contributed by atoms with E-state index in [0.717, 1.165) is 41.6 Å². The fourth-order valence-electron chi connectivity index (χ4n) is 2.76. The van der Waals surface area contributed by atoms with Gasteiger partial charge in [0, 0.05) is 36.7 Å². The Bertz CT molecular complexity index is 430. The Morgan fingerprint density at radius 2 is 1.95 bits per heavy atom. The SMILES string of the molecule is CC(C)CC[C@H](c1ccc(Cl)c(Br)c1)N1CCNCC1. The van der Waals surface area contributed by atoms with Crippen molar-refractivity contribution in [1.29, 1.82) is 0 Å². The van der Waals surface area contributed by atoms with Gasteiger partial charge in [-0.3, -0.25) is 4.90 Å². The maximum absolute atomic E-state index is 6.13.